The fourth-order valence-electron chi connectivity index (χ4n) is 1.05. The molecule has 1 unspecified atom stereocenters. The molecule has 0 heterocycles. The molecule has 0 aromatic rings. The molecule has 1 aliphatic rings. The predicted molar refractivity (Wildman–Crippen MR) is 57.3 cm³/mol. The van der Waals surface area contributed by atoms with E-state index in [-0.39, 0.29) is 41.1 Å². The van der Waals surface area contributed by atoms with Gasteiger partial charge in [-0.05, 0) is 0 Å². The van der Waals surface area contributed by atoms with Crippen molar-refractivity contribution >= 4 is 0 Å². The fraction of sp³-hybridized carbons (Fsp3) is 0.500. The standard InChI is InChI=1S/C10H15.2CH3.Zr/c1-8-5-6-9(7-8)10(2,3)4;;;/h6-8H,1-4H3;2*1H3;/q3*-1;+3. The molecule has 0 saturated heterocycles. The van der Waals surface area contributed by atoms with Crippen LogP contribution in [-0.2, 0) is 26.2 Å². The number of hydrogen-bond donors (Lipinski definition) is 0. The van der Waals surface area contributed by atoms with Crippen molar-refractivity contribution in [2.75, 3.05) is 0 Å². The average molecular weight is 257 g/mol. The van der Waals surface area contributed by atoms with Crippen LogP contribution in [0, 0.1) is 32.3 Å². The first-order valence-electron chi connectivity index (χ1n) is 3.82. The second kappa shape index (κ2) is 6.76. The smallest absolute Gasteiger partial charge is 0.358 e. The van der Waals surface area contributed by atoms with Crippen LogP contribution in [0.15, 0.2) is 17.7 Å². The SMILES string of the molecule is CC1[C-]=CC(C(C)(C)C)=C1.[CH3-].[CH3-].[Zr+3]. The van der Waals surface area contributed by atoms with Crippen LogP contribution in [0.5, 0.6) is 0 Å². The minimum atomic E-state index is 0. The van der Waals surface area contributed by atoms with Crippen molar-refractivity contribution in [2.45, 2.75) is 27.7 Å². The number of rotatable bonds is 0. The van der Waals surface area contributed by atoms with E-state index in [0.29, 0.717) is 11.3 Å². The van der Waals surface area contributed by atoms with Gasteiger partial charge >= 0.3 is 26.2 Å². The zero-order valence-electron chi connectivity index (χ0n) is 9.73. The molecule has 1 atom stereocenters. The summed E-state index contributed by atoms with van der Waals surface area (Å²) >= 11 is 0. The first-order chi connectivity index (χ1) is 4.50. The molecule has 73 valence electrons. The van der Waals surface area contributed by atoms with Gasteiger partial charge in [0.1, 0.15) is 0 Å². The first kappa shape index (κ1) is 19.0. The summed E-state index contributed by atoms with van der Waals surface area (Å²) in [5.41, 5.74) is 1.72. The number of allylic oxidation sites excluding steroid dienone is 4. The van der Waals surface area contributed by atoms with Gasteiger partial charge in [0.2, 0.25) is 0 Å². The summed E-state index contributed by atoms with van der Waals surface area (Å²) < 4.78 is 0. The second-order valence-corrected chi connectivity index (χ2v) is 3.97. The van der Waals surface area contributed by atoms with Crippen LogP contribution >= 0.6 is 0 Å². The summed E-state index contributed by atoms with van der Waals surface area (Å²) in [7, 11) is 0. The summed E-state index contributed by atoms with van der Waals surface area (Å²) in [5.74, 6) is 0.522. The van der Waals surface area contributed by atoms with E-state index in [4.69, 9.17) is 0 Å². The van der Waals surface area contributed by atoms with Crippen molar-refractivity contribution in [3.8, 4) is 0 Å². The van der Waals surface area contributed by atoms with Crippen molar-refractivity contribution in [1.82, 2.24) is 0 Å². The Morgan fingerprint density at radius 2 is 1.69 bits per heavy atom. The third-order valence-electron chi connectivity index (χ3n) is 1.80. The van der Waals surface area contributed by atoms with Gasteiger partial charge in [-0.1, -0.05) is 39.0 Å². The molecule has 0 nitrogen and oxygen atoms in total. The Morgan fingerprint density at radius 3 is 1.85 bits per heavy atom. The van der Waals surface area contributed by atoms with Crippen LogP contribution in [0.3, 0.4) is 0 Å². The molecule has 1 rings (SSSR count). The van der Waals surface area contributed by atoms with Crippen molar-refractivity contribution in [1.29, 1.82) is 0 Å². The summed E-state index contributed by atoms with van der Waals surface area (Å²) in [6.07, 6.45) is 7.65. The quantitative estimate of drug-likeness (QED) is 0.577. The second-order valence-electron chi connectivity index (χ2n) is 3.97. The van der Waals surface area contributed by atoms with Crippen molar-refractivity contribution < 1.29 is 26.2 Å². The first-order valence-corrected chi connectivity index (χ1v) is 3.82. The van der Waals surface area contributed by atoms with Gasteiger partial charge in [-0.3, -0.25) is 6.08 Å². The zero-order valence-corrected chi connectivity index (χ0v) is 12.2. The van der Waals surface area contributed by atoms with Gasteiger partial charge in [0.25, 0.3) is 0 Å². The zero-order chi connectivity index (χ0) is 7.78. The largest absolute Gasteiger partial charge is 3.00 e. The van der Waals surface area contributed by atoms with Crippen molar-refractivity contribution in [2.24, 2.45) is 11.3 Å². The predicted octanol–water partition coefficient (Wildman–Crippen LogP) is 3.87. The Morgan fingerprint density at radius 1 is 1.23 bits per heavy atom. The molecule has 13 heavy (non-hydrogen) atoms. The van der Waals surface area contributed by atoms with Crippen LogP contribution in [0.2, 0.25) is 0 Å². The maximum atomic E-state index is 3.26. The molecule has 0 aromatic carbocycles. The van der Waals surface area contributed by atoms with Crippen LogP contribution in [-0.4, -0.2) is 0 Å². The molecule has 0 aromatic heterocycles. The molecule has 0 N–H and O–H groups in total. The van der Waals surface area contributed by atoms with Crippen molar-refractivity contribution in [3.63, 3.8) is 0 Å². The molecular formula is C12H21Zr. The van der Waals surface area contributed by atoms with Crippen LogP contribution < -0.4 is 0 Å². The molecular weight excluding hydrogens is 235 g/mol. The van der Waals surface area contributed by atoms with Crippen LogP contribution in [0.1, 0.15) is 27.7 Å². The van der Waals surface area contributed by atoms with E-state index in [2.05, 4.69) is 45.9 Å². The van der Waals surface area contributed by atoms with E-state index in [1.807, 2.05) is 0 Å². The monoisotopic (exact) mass is 255 g/mol. The Balaban J connectivity index is -0.000000333. The number of hydrogen-bond acceptors (Lipinski definition) is 0. The van der Waals surface area contributed by atoms with E-state index in [0.717, 1.165) is 0 Å². The Kier molecular flexibility index (Phi) is 9.89. The Bertz CT molecular complexity index is 182. The van der Waals surface area contributed by atoms with E-state index in [9.17, 15) is 0 Å². The maximum Gasteiger partial charge on any atom is 3.00 e. The molecule has 1 heteroatoms. The average Bonchev–Trinajstić information content (AvgIpc) is 2.11. The van der Waals surface area contributed by atoms with Gasteiger partial charge < -0.3 is 14.9 Å². The summed E-state index contributed by atoms with van der Waals surface area (Å²) in [5, 5.41) is 0. The normalized spacial score (nSPS) is 19.4. The molecule has 0 aliphatic heterocycles. The Labute approximate surface area is 104 Å². The molecule has 0 spiro atoms. The minimum absolute atomic E-state index is 0. The van der Waals surface area contributed by atoms with Crippen molar-refractivity contribution in [3.05, 3.63) is 38.7 Å². The van der Waals surface area contributed by atoms with Gasteiger partial charge in [-0.15, -0.1) is 0 Å². The van der Waals surface area contributed by atoms with Crippen LogP contribution in [0.4, 0.5) is 0 Å². The molecule has 1 aliphatic carbocycles. The minimum Gasteiger partial charge on any atom is -0.358 e. The van der Waals surface area contributed by atoms with Crippen LogP contribution in [0.25, 0.3) is 0 Å². The fourth-order valence-corrected chi connectivity index (χ4v) is 1.05. The molecule has 1 radical (unpaired) electrons. The topological polar surface area (TPSA) is 0 Å². The van der Waals surface area contributed by atoms with Gasteiger partial charge in [0.15, 0.2) is 0 Å². The van der Waals surface area contributed by atoms with Gasteiger partial charge in [-0.2, -0.15) is 11.6 Å². The third kappa shape index (κ3) is 5.63. The van der Waals surface area contributed by atoms with E-state index >= 15 is 0 Å². The van der Waals surface area contributed by atoms with Gasteiger partial charge in [0, 0.05) is 0 Å². The van der Waals surface area contributed by atoms with E-state index < -0.39 is 0 Å². The van der Waals surface area contributed by atoms with Gasteiger partial charge in [0.05, 0.1) is 0 Å². The maximum absolute atomic E-state index is 3.26. The van der Waals surface area contributed by atoms with E-state index in [1.54, 1.807) is 0 Å². The summed E-state index contributed by atoms with van der Waals surface area (Å²) in [4.78, 5) is 0. The van der Waals surface area contributed by atoms with E-state index in [1.165, 1.54) is 5.57 Å². The summed E-state index contributed by atoms with van der Waals surface area (Å²) in [6.45, 7) is 8.86. The molecule has 0 saturated carbocycles. The molecule has 0 amide bonds. The molecule has 0 fully saturated rings. The Hall–Kier alpha value is 0.363. The summed E-state index contributed by atoms with van der Waals surface area (Å²) in [6, 6.07) is 0. The third-order valence-corrected chi connectivity index (χ3v) is 1.80. The molecule has 0 bridgehead atoms. The van der Waals surface area contributed by atoms with Gasteiger partial charge in [-0.25, -0.2) is 6.08 Å².